The molecular formula is C46H26O2S. The number of hydrogen-bond donors (Lipinski definition) is 0. The number of thiophene rings is 1. The number of furan rings is 2. The molecule has 8 aromatic carbocycles. The Hall–Kier alpha value is -6.16. The van der Waals surface area contributed by atoms with Crippen molar-refractivity contribution in [2.24, 2.45) is 0 Å². The average molecular weight is 643 g/mol. The third-order valence-corrected chi connectivity index (χ3v) is 11.2. The lowest BCUT2D eigenvalue weighted by Crippen LogP contribution is -1.92. The van der Waals surface area contributed by atoms with Crippen molar-refractivity contribution in [3.63, 3.8) is 0 Å². The molecule has 0 saturated heterocycles. The average Bonchev–Trinajstić information content (AvgIpc) is 3.87. The van der Waals surface area contributed by atoms with Crippen molar-refractivity contribution in [2.75, 3.05) is 0 Å². The van der Waals surface area contributed by atoms with Crippen LogP contribution in [-0.2, 0) is 0 Å². The Kier molecular flexibility index (Phi) is 5.57. The number of para-hydroxylation sites is 1. The second-order valence-electron chi connectivity index (χ2n) is 12.7. The summed E-state index contributed by atoms with van der Waals surface area (Å²) in [7, 11) is 0. The second-order valence-corrected chi connectivity index (χ2v) is 13.8. The molecule has 228 valence electrons. The third-order valence-electron chi connectivity index (χ3n) is 10.1. The monoisotopic (exact) mass is 642 g/mol. The zero-order chi connectivity index (χ0) is 32.1. The first-order valence-electron chi connectivity index (χ1n) is 16.6. The lowest BCUT2D eigenvalue weighted by molar-refractivity contribution is 0.631. The molecule has 49 heavy (non-hydrogen) atoms. The van der Waals surface area contributed by atoms with Gasteiger partial charge in [-0.05, 0) is 74.1 Å². The predicted octanol–water partition coefficient (Wildman–Crippen LogP) is 14.0. The van der Waals surface area contributed by atoms with Gasteiger partial charge >= 0.3 is 0 Å². The van der Waals surface area contributed by atoms with Crippen molar-refractivity contribution < 1.29 is 8.83 Å². The van der Waals surface area contributed by atoms with E-state index in [0.717, 1.165) is 49.8 Å². The van der Waals surface area contributed by atoms with Crippen molar-refractivity contribution in [3.8, 4) is 33.6 Å². The van der Waals surface area contributed by atoms with Crippen molar-refractivity contribution in [2.45, 2.75) is 0 Å². The standard InChI is InChI=1S/C46H26O2S/c1-2-13-27(14-3-1)38-25-35-39(47-38)26-36(45-32-19-8-10-22-37(32)48-46(35)45)43-30-17-6-4-15-28(30)42(29-16-5-7-18-31(29)43)34-21-12-24-41-44(34)33-20-9-11-23-40(33)49-41/h1-26H. The molecule has 0 N–H and O–H groups in total. The highest BCUT2D eigenvalue weighted by Gasteiger charge is 2.24. The Morgan fingerprint density at radius 3 is 1.69 bits per heavy atom. The Morgan fingerprint density at radius 2 is 0.959 bits per heavy atom. The molecule has 0 bridgehead atoms. The summed E-state index contributed by atoms with van der Waals surface area (Å²) < 4.78 is 16.0. The van der Waals surface area contributed by atoms with Gasteiger partial charge in [0.1, 0.15) is 22.5 Å². The Bertz CT molecular complexity index is 3050. The molecule has 3 heteroatoms. The van der Waals surface area contributed by atoms with Gasteiger partial charge in [0, 0.05) is 36.5 Å². The maximum absolute atomic E-state index is 6.72. The summed E-state index contributed by atoms with van der Waals surface area (Å²) in [6.45, 7) is 0. The molecule has 0 aliphatic rings. The Balaban J connectivity index is 1.31. The fraction of sp³-hybridized carbons (Fsp3) is 0. The first kappa shape index (κ1) is 26.9. The van der Waals surface area contributed by atoms with Crippen LogP contribution in [0.25, 0.3) is 108 Å². The van der Waals surface area contributed by atoms with E-state index < -0.39 is 0 Å². The summed E-state index contributed by atoms with van der Waals surface area (Å²) >= 11 is 1.87. The highest BCUT2D eigenvalue weighted by molar-refractivity contribution is 7.25. The molecule has 0 aliphatic carbocycles. The Labute approximate surface area is 285 Å². The van der Waals surface area contributed by atoms with E-state index in [9.17, 15) is 0 Å². The van der Waals surface area contributed by atoms with Crippen LogP contribution in [0.5, 0.6) is 0 Å². The van der Waals surface area contributed by atoms with Gasteiger partial charge in [-0.25, -0.2) is 0 Å². The predicted molar refractivity (Wildman–Crippen MR) is 208 cm³/mol. The largest absolute Gasteiger partial charge is 0.456 e. The SMILES string of the molecule is c1ccc(-c2cc3c(cc(-c4c5ccccc5c(-c5cccc6sc7ccccc7c56)c5ccccc45)c4c5ccccc5oc34)o2)cc1. The lowest BCUT2D eigenvalue weighted by Gasteiger charge is -2.19. The van der Waals surface area contributed by atoms with Crippen molar-refractivity contribution >= 4 is 86.0 Å². The van der Waals surface area contributed by atoms with Gasteiger partial charge < -0.3 is 8.83 Å². The van der Waals surface area contributed by atoms with Gasteiger partial charge in [-0.2, -0.15) is 0 Å². The van der Waals surface area contributed by atoms with E-state index in [1.165, 1.54) is 58.4 Å². The van der Waals surface area contributed by atoms with E-state index in [-0.39, 0.29) is 0 Å². The van der Waals surface area contributed by atoms with Crippen LogP contribution in [0.4, 0.5) is 0 Å². The van der Waals surface area contributed by atoms with Gasteiger partial charge in [0.25, 0.3) is 0 Å². The second kappa shape index (κ2) is 10.2. The molecule has 0 fully saturated rings. The number of benzene rings is 8. The minimum absolute atomic E-state index is 0.812. The zero-order valence-corrected chi connectivity index (χ0v) is 27.1. The topological polar surface area (TPSA) is 26.3 Å². The van der Waals surface area contributed by atoms with Crippen LogP contribution < -0.4 is 0 Å². The fourth-order valence-electron chi connectivity index (χ4n) is 8.03. The molecule has 0 unspecified atom stereocenters. The van der Waals surface area contributed by atoms with Crippen molar-refractivity contribution in [1.29, 1.82) is 0 Å². The van der Waals surface area contributed by atoms with Gasteiger partial charge in [-0.3, -0.25) is 0 Å². The van der Waals surface area contributed by atoms with E-state index >= 15 is 0 Å². The third kappa shape index (κ3) is 3.82. The van der Waals surface area contributed by atoms with Crippen LogP contribution in [0.2, 0.25) is 0 Å². The summed E-state index contributed by atoms with van der Waals surface area (Å²) in [4.78, 5) is 0. The van der Waals surface area contributed by atoms with Gasteiger partial charge in [-0.1, -0.05) is 127 Å². The number of hydrogen-bond acceptors (Lipinski definition) is 3. The van der Waals surface area contributed by atoms with Crippen molar-refractivity contribution in [1.82, 2.24) is 0 Å². The highest BCUT2D eigenvalue weighted by atomic mass is 32.1. The van der Waals surface area contributed by atoms with E-state index in [4.69, 9.17) is 8.83 Å². The molecule has 2 nitrogen and oxygen atoms in total. The first-order valence-corrected chi connectivity index (χ1v) is 17.4. The molecule has 3 aromatic heterocycles. The van der Waals surface area contributed by atoms with Crippen LogP contribution in [0.15, 0.2) is 167 Å². The van der Waals surface area contributed by atoms with Gasteiger partial charge in [0.2, 0.25) is 0 Å². The summed E-state index contributed by atoms with van der Waals surface area (Å²) in [6.07, 6.45) is 0. The van der Waals surface area contributed by atoms with Crippen LogP contribution in [0.1, 0.15) is 0 Å². The molecule has 11 aromatic rings. The molecule has 3 heterocycles. The summed E-state index contributed by atoms with van der Waals surface area (Å²) in [6, 6.07) is 56.4. The molecule has 11 rings (SSSR count). The minimum atomic E-state index is 0.812. The van der Waals surface area contributed by atoms with Gasteiger partial charge in [0.15, 0.2) is 0 Å². The quantitative estimate of drug-likeness (QED) is 0.179. The maximum Gasteiger partial charge on any atom is 0.147 e. The van der Waals surface area contributed by atoms with Crippen LogP contribution in [0.3, 0.4) is 0 Å². The van der Waals surface area contributed by atoms with E-state index in [1.807, 2.05) is 35.6 Å². The van der Waals surface area contributed by atoms with Crippen LogP contribution >= 0.6 is 11.3 Å². The molecule has 0 spiro atoms. The van der Waals surface area contributed by atoms with E-state index in [0.29, 0.717) is 0 Å². The maximum atomic E-state index is 6.72. The number of fused-ring (bicyclic) bond motifs is 10. The lowest BCUT2D eigenvalue weighted by atomic mass is 9.84. The van der Waals surface area contributed by atoms with E-state index in [2.05, 4.69) is 133 Å². The van der Waals surface area contributed by atoms with E-state index in [1.54, 1.807) is 0 Å². The molecule has 0 atom stereocenters. The number of rotatable bonds is 3. The zero-order valence-electron chi connectivity index (χ0n) is 26.2. The minimum Gasteiger partial charge on any atom is -0.456 e. The molecule has 0 saturated carbocycles. The molecule has 0 amide bonds. The van der Waals surface area contributed by atoms with Gasteiger partial charge in [-0.15, -0.1) is 11.3 Å². The summed E-state index contributed by atoms with van der Waals surface area (Å²) in [5.41, 5.74) is 8.41. The molecule has 0 aliphatic heterocycles. The van der Waals surface area contributed by atoms with Crippen molar-refractivity contribution in [3.05, 3.63) is 158 Å². The Morgan fingerprint density at radius 1 is 0.367 bits per heavy atom. The normalized spacial score (nSPS) is 12.1. The highest BCUT2D eigenvalue weighted by Crippen LogP contribution is 2.51. The van der Waals surface area contributed by atoms with Gasteiger partial charge in [0.05, 0.1) is 5.39 Å². The smallest absolute Gasteiger partial charge is 0.147 e. The first-order chi connectivity index (χ1) is 24.3. The molecular weight excluding hydrogens is 617 g/mol. The summed E-state index contributed by atoms with van der Waals surface area (Å²) in [5, 5.41) is 10.7. The van der Waals surface area contributed by atoms with Crippen LogP contribution in [-0.4, -0.2) is 0 Å². The fourth-order valence-corrected chi connectivity index (χ4v) is 9.16. The molecule has 0 radical (unpaired) electrons. The summed E-state index contributed by atoms with van der Waals surface area (Å²) in [5.74, 6) is 0.829. The van der Waals surface area contributed by atoms with Crippen LogP contribution in [0, 0.1) is 0 Å².